The number of nitrogens with zero attached hydrogens (tertiary/aromatic N) is 2. The van der Waals surface area contributed by atoms with E-state index in [4.69, 9.17) is 25.8 Å². The molecule has 1 N–H and O–H groups in total. The van der Waals surface area contributed by atoms with Crippen LogP contribution in [0.4, 0.5) is 5.69 Å². The molecule has 2 aromatic rings. The van der Waals surface area contributed by atoms with Gasteiger partial charge >= 0.3 is 0 Å². The lowest BCUT2D eigenvalue weighted by molar-refractivity contribution is -0.121. The average molecular weight is 576 g/mol. The highest BCUT2D eigenvalue weighted by Gasteiger charge is 2.31. The number of benzene rings is 2. The van der Waals surface area contributed by atoms with Crippen molar-refractivity contribution in [1.82, 2.24) is 9.62 Å². The van der Waals surface area contributed by atoms with Crippen molar-refractivity contribution < 1.29 is 35.8 Å². The fourth-order valence-corrected chi connectivity index (χ4v) is 6.50. The molecular formula is C23H30ClN3O8S2. The highest BCUT2D eigenvalue weighted by Crippen LogP contribution is 2.34. The van der Waals surface area contributed by atoms with Gasteiger partial charge < -0.3 is 19.5 Å². The number of rotatable bonds is 11. The molecule has 0 spiro atoms. The number of carbonyl (C=O) groups is 1. The number of nitrogens with one attached hydrogen (secondary N) is 1. The first-order valence-corrected chi connectivity index (χ1v) is 15.0. The number of hydrogen-bond donors (Lipinski definition) is 1. The average Bonchev–Trinajstić information content (AvgIpc) is 2.86. The van der Waals surface area contributed by atoms with Crippen molar-refractivity contribution in [3.8, 4) is 11.5 Å². The molecule has 1 atom stereocenters. The van der Waals surface area contributed by atoms with Crippen molar-refractivity contribution in [2.75, 3.05) is 57.1 Å². The molecule has 1 amide bonds. The van der Waals surface area contributed by atoms with Gasteiger partial charge in [0.1, 0.15) is 24.1 Å². The number of morpholine rings is 1. The van der Waals surface area contributed by atoms with Gasteiger partial charge in [-0.15, -0.1) is 0 Å². The van der Waals surface area contributed by atoms with E-state index in [1.54, 1.807) is 6.07 Å². The molecule has 0 radical (unpaired) electrons. The summed E-state index contributed by atoms with van der Waals surface area (Å²) < 4.78 is 68.9. The third-order valence-electron chi connectivity index (χ3n) is 5.57. The van der Waals surface area contributed by atoms with Crippen molar-refractivity contribution in [1.29, 1.82) is 0 Å². The predicted molar refractivity (Wildman–Crippen MR) is 139 cm³/mol. The van der Waals surface area contributed by atoms with E-state index in [0.29, 0.717) is 32.1 Å². The quantitative estimate of drug-likeness (QED) is 0.401. The fraction of sp³-hybridized carbons (Fsp3) is 0.435. The molecule has 11 nitrogen and oxygen atoms in total. The summed E-state index contributed by atoms with van der Waals surface area (Å²) in [5.41, 5.74) is 0.142. The highest BCUT2D eigenvalue weighted by atomic mass is 35.5. The highest BCUT2D eigenvalue weighted by molar-refractivity contribution is 7.92. The second kappa shape index (κ2) is 12.3. The van der Waals surface area contributed by atoms with Gasteiger partial charge in [-0.3, -0.25) is 9.10 Å². The van der Waals surface area contributed by atoms with Crippen LogP contribution in [0.5, 0.6) is 11.5 Å². The maximum Gasteiger partial charge on any atom is 0.243 e. The molecule has 14 heteroatoms. The first-order valence-electron chi connectivity index (χ1n) is 11.4. The Hall–Kier alpha value is -2.58. The zero-order chi connectivity index (χ0) is 27.2. The molecule has 0 aromatic heterocycles. The van der Waals surface area contributed by atoms with Crippen molar-refractivity contribution in [2.24, 2.45) is 0 Å². The summed E-state index contributed by atoms with van der Waals surface area (Å²) in [5.74, 6) is 0.115. The van der Waals surface area contributed by atoms with E-state index in [-0.39, 0.29) is 34.5 Å². The lowest BCUT2D eigenvalue weighted by Gasteiger charge is -2.29. The van der Waals surface area contributed by atoms with Crippen molar-refractivity contribution in [2.45, 2.75) is 17.9 Å². The SMILES string of the molecule is COc1ccc(Cl)cc1N([C@@H](C)C(=O)NCCOc1ccc(S(=O)(=O)N2CCOCC2)cc1)S(C)(=O)=O. The van der Waals surface area contributed by atoms with Crippen LogP contribution in [0, 0.1) is 0 Å². The Morgan fingerprint density at radius 1 is 1.14 bits per heavy atom. The van der Waals surface area contributed by atoms with Gasteiger partial charge in [-0.05, 0) is 49.4 Å². The Labute approximate surface area is 222 Å². The van der Waals surface area contributed by atoms with E-state index in [1.807, 2.05) is 0 Å². The molecule has 0 saturated carbocycles. The maximum absolute atomic E-state index is 12.8. The van der Waals surface area contributed by atoms with Crippen LogP contribution in [-0.4, -0.2) is 85.9 Å². The topological polar surface area (TPSA) is 132 Å². The summed E-state index contributed by atoms with van der Waals surface area (Å²) >= 11 is 6.05. The zero-order valence-electron chi connectivity index (χ0n) is 20.7. The van der Waals surface area contributed by atoms with Gasteiger partial charge in [0.25, 0.3) is 0 Å². The summed E-state index contributed by atoms with van der Waals surface area (Å²) in [4.78, 5) is 12.9. The third-order valence-corrected chi connectivity index (χ3v) is 8.94. The first kappa shape index (κ1) is 29.0. The van der Waals surface area contributed by atoms with Crippen molar-refractivity contribution >= 4 is 43.2 Å². The van der Waals surface area contributed by atoms with Gasteiger partial charge in [0.15, 0.2) is 0 Å². The molecule has 1 saturated heterocycles. The molecular weight excluding hydrogens is 546 g/mol. The van der Waals surface area contributed by atoms with E-state index in [9.17, 15) is 21.6 Å². The monoisotopic (exact) mass is 575 g/mol. The standard InChI is InChI=1S/C23H30ClN3O8S2/c1-17(27(36(3,29)30)21-16-18(24)4-9-22(21)33-2)23(28)25-10-13-35-19-5-7-20(8-6-19)37(31,32)26-11-14-34-15-12-26/h4-9,16-17H,10-15H2,1-3H3,(H,25,28)/t17-/m0/s1. The Kier molecular flexibility index (Phi) is 9.64. The van der Waals surface area contributed by atoms with E-state index in [2.05, 4.69) is 5.32 Å². The minimum absolute atomic E-state index is 0.0768. The predicted octanol–water partition coefficient (Wildman–Crippen LogP) is 1.72. The molecule has 3 rings (SSSR count). The number of hydrogen-bond acceptors (Lipinski definition) is 8. The van der Waals surface area contributed by atoms with Crippen LogP contribution in [0.2, 0.25) is 5.02 Å². The van der Waals surface area contributed by atoms with Crippen LogP contribution < -0.4 is 19.1 Å². The van der Waals surface area contributed by atoms with E-state index in [0.717, 1.165) is 10.6 Å². The molecule has 1 heterocycles. The number of halogens is 1. The number of ether oxygens (including phenoxy) is 3. The molecule has 1 aliphatic heterocycles. The van der Waals surface area contributed by atoms with Gasteiger partial charge in [-0.1, -0.05) is 11.6 Å². The summed E-state index contributed by atoms with van der Waals surface area (Å²) in [6.07, 6.45) is 0.989. The Morgan fingerprint density at radius 2 is 1.78 bits per heavy atom. The van der Waals surface area contributed by atoms with E-state index >= 15 is 0 Å². The molecule has 2 aromatic carbocycles. The summed E-state index contributed by atoms with van der Waals surface area (Å²) in [6, 6.07) is 9.38. The second-order valence-electron chi connectivity index (χ2n) is 8.18. The van der Waals surface area contributed by atoms with Crippen LogP contribution in [0.1, 0.15) is 6.92 Å². The maximum atomic E-state index is 12.8. The van der Waals surface area contributed by atoms with Crippen molar-refractivity contribution in [3.63, 3.8) is 0 Å². The molecule has 0 bridgehead atoms. The molecule has 0 aliphatic carbocycles. The molecule has 37 heavy (non-hydrogen) atoms. The lowest BCUT2D eigenvalue weighted by Crippen LogP contribution is -2.48. The van der Waals surface area contributed by atoms with Gasteiger partial charge in [-0.25, -0.2) is 16.8 Å². The molecule has 0 unspecified atom stereocenters. The fourth-order valence-electron chi connectivity index (χ4n) is 3.75. The number of sulfonamides is 2. The summed E-state index contributed by atoms with van der Waals surface area (Å²) in [7, 11) is -6.08. The van der Waals surface area contributed by atoms with Gasteiger partial charge in [0.2, 0.25) is 26.0 Å². The molecule has 204 valence electrons. The molecule has 1 aliphatic rings. The normalized spacial score (nSPS) is 15.6. The van der Waals surface area contributed by atoms with Gasteiger partial charge in [-0.2, -0.15) is 4.31 Å². The van der Waals surface area contributed by atoms with Gasteiger partial charge in [0.05, 0.1) is 43.7 Å². The summed E-state index contributed by atoms with van der Waals surface area (Å²) in [6.45, 7) is 2.94. The summed E-state index contributed by atoms with van der Waals surface area (Å²) in [5, 5.41) is 2.93. The number of anilines is 1. The zero-order valence-corrected chi connectivity index (χ0v) is 23.1. The first-order chi connectivity index (χ1) is 17.4. The largest absolute Gasteiger partial charge is 0.495 e. The van der Waals surface area contributed by atoms with Gasteiger partial charge in [0, 0.05) is 18.1 Å². The van der Waals surface area contributed by atoms with E-state index in [1.165, 1.54) is 54.7 Å². The van der Waals surface area contributed by atoms with Crippen LogP contribution >= 0.6 is 11.6 Å². The lowest BCUT2D eigenvalue weighted by atomic mass is 10.2. The number of amides is 1. The van der Waals surface area contributed by atoms with Crippen LogP contribution in [-0.2, 0) is 29.6 Å². The molecule has 1 fully saturated rings. The third kappa shape index (κ3) is 7.26. The number of methoxy groups -OCH3 is 1. The van der Waals surface area contributed by atoms with Crippen molar-refractivity contribution in [3.05, 3.63) is 47.5 Å². The van der Waals surface area contributed by atoms with Crippen LogP contribution in [0.3, 0.4) is 0 Å². The smallest absolute Gasteiger partial charge is 0.243 e. The van der Waals surface area contributed by atoms with Crippen LogP contribution in [0.25, 0.3) is 0 Å². The Balaban J connectivity index is 1.58. The minimum atomic E-state index is -3.87. The minimum Gasteiger partial charge on any atom is -0.495 e. The second-order valence-corrected chi connectivity index (χ2v) is 12.4. The number of carbonyl (C=O) groups excluding carboxylic acids is 1. The Morgan fingerprint density at radius 3 is 2.38 bits per heavy atom. The van der Waals surface area contributed by atoms with Crippen LogP contribution in [0.15, 0.2) is 47.4 Å². The Bertz CT molecular complexity index is 1300. The van der Waals surface area contributed by atoms with E-state index < -0.39 is 32.0 Å².